The molecule has 2 heteroatoms. The fourth-order valence-corrected chi connectivity index (χ4v) is 12.4. The van der Waals surface area contributed by atoms with Crippen molar-refractivity contribution in [2.45, 2.75) is 71.1 Å². The molecule has 0 amide bonds. The Morgan fingerprint density at radius 2 is 1.19 bits per heavy atom. The number of allylic oxidation sites excluding steroid dienone is 1. The van der Waals surface area contributed by atoms with Gasteiger partial charge < -0.3 is 4.43 Å². The van der Waals surface area contributed by atoms with E-state index in [1.165, 1.54) is 21.9 Å². The first-order valence-electron chi connectivity index (χ1n) is 9.98. The highest BCUT2D eigenvalue weighted by Gasteiger charge is 2.64. The average Bonchev–Trinajstić information content (AvgIpc) is 2.86. The molecule has 0 radical (unpaired) electrons. The van der Waals surface area contributed by atoms with Crippen LogP contribution in [0.4, 0.5) is 0 Å². The van der Waals surface area contributed by atoms with E-state index in [-0.39, 0.29) is 10.1 Å². The van der Waals surface area contributed by atoms with E-state index >= 15 is 0 Å². The Labute approximate surface area is 166 Å². The fraction of sp³-hybridized carbons (Fsp3) is 0.440. The van der Waals surface area contributed by atoms with Gasteiger partial charge in [0.05, 0.1) is 0 Å². The molecule has 1 aliphatic heterocycles. The van der Waals surface area contributed by atoms with E-state index in [9.17, 15) is 0 Å². The van der Waals surface area contributed by atoms with Crippen LogP contribution in [-0.2, 0) is 10.0 Å². The van der Waals surface area contributed by atoms with Gasteiger partial charge in [-0.1, -0.05) is 102 Å². The molecule has 0 unspecified atom stereocenters. The number of benzene rings is 2. The summed E-state index contributed by atoms with van der Waals surface area (Å²) in [4.78, 5) is 0. The van der Waals surface area contributed by atoms with E-state index in [1.54, 1.807) is 0 Å². The largest absolute Gasteiger partial charge is 0.398 e. The van der Waals surface area contributed by atoms with E-state index in [0.717, 1.165) is 0 Å². The molecule has 2 aromatic rings. The molecule has 27 heavy (non-hydrogen) atoms. The van der Waals surface area contributed by atoms with Gasteiger partial charge in [0.15, 0.2) is 0 Å². The number of hydrogen-bond acceptors (Lipinski definition) is 1. The SMILES string of the molecule is CC1=C(c2ccccc2)[C@](C)(c2ccccc2)O[Si]1(C(C)(C)C)C(C)(C)C. The summed E-state index contributed by atoms with van der Waals surface area (Å²) in [5, 5.41) is 1.66. The highest BCUT2D eigenvalue weighted by Crippen LogP contribution is 2.64. The van der Waals surface area contributed by atoms with Gasteiger partial charge in [0.25, 0.3) is 0 Å². The lowest BCUT2D eigenvalue weighted by Crippen LogP contribution is -2.55. The summed E-state index contributed by atoms with van der Waals surface area (Å²) < 4.78 is 7.40. The molecule has 1 nitrogen and oxygen atoms in total. The summed E-state index contributed by atoms with van der Waals surface area (Å²) in [6, 6.07) is 21.6. The van der Waals surface area contributed by atoms with E-state index in [2.05, 4.69) is 116 Å². The van der Waals surface area contributed by atoms with Crippen molar-refractivity contribution in [3.8, 4) is 0 Å². The topological polar surface area (TPSA) is 9.23 Å². The lowest BCUT2D eigenvalue weighted by Gasteiger charge is -2.50. The highest BCUT2D eigenvalue weighted by atomic mass is 28.4. The predicted octanol–water partition coefficient (Wildman–Crippen LogP) is 7.49. The molecule has 2 aromatic carbocycles. The van der Waals surface area contributed by atoms with Gasteiger partial charge in [-0.2, -0.15) is 0 Å². The standard InChI is InChI=1S/C25H34OSi/c1-19-22(20-15-11-9-12-16-20)25(8,21-17-13-10-14-18-21)26-27(19,23(2,3)4)24(5,6)7/h9-18H,1-8H3/t25-/m0/s1. The molecule has 0 aliphatic carbocycles. The zero-order valence-electron chi connectivity index (χ0n) is 18.2. The van der Waals surface area contributed by atoms with Crippen molar-refractivity contribution in [1.29, 1.82) is 0 Å². The first-order valence-corrected chi connectivity index (χ1v) is 11.9. The van der Waals surface area contributed by atoms with Crippen LogP contribution in [0.25, 0.3) is 5.57 Å². The second-order valence-corrected chi connectivity index (χ2v) is 15.4. The molecule has 0 bridgehead atoms. The van der Waals surface area contributed by atoms with Crippen molar-refractivity contribution >= 4 is 13.9 Å². The van der Waals surface area contributed by atoms with Crippen molar-refractivity contribution < 1.29 is 4.43 Å². The Morgan fingerprint density at radius 1 is 0.741 bits per heavy atom. The molecule has 0 saturated heterocycles. The summed E-state index contributed by atoms with van der Waals surface area (Å²) in [7, 11) is -2.32. The molecule has 1 heterocycles. The first kappa shape index (κ1) is 20.1. The van der Waals surface area contributed by atoms with Crippen molar-refractivity contribution in [1.82, 2.24) is 0 Å². The van der Waals surface area contributed by atoms with Crippen molar-refractivity contribution in [2.24, 2.45) is 0 Å². The third-order valence-electron chi connectivity index (χ3n) is 6.24. The predicted molar refractivity (Wildman–Crippen MR) is 119 cm³/mol. The molecular weight excluding hydrogens is 344 g/mol. The average molecular weight is 379 g/mol. The molecule has 3 rings (SSSR count). The second-order valence-electron chi connectivity index (χ2n) is 10.0. The summed E-state index contributed by atoms with van der Waals surface area (Å²) in [5.41, 5.74) is 3.46. The molecular formula is C25H34OSi. The third-order valence-corrected chi connectivity index (χ3v) is 12.5. The second kappa shape index (κ2) is 6.46. The van der Waals surface area contributed by atoms with Gasteiger partial charge in [-0.3, -0.25) is 0 Å². The van der Waals surface area contributed by atoms with Crippen LogP contribution >= 0.6 is 0 Å². The van der Waals surface area contributed by atoms with E-state index in [0.29, 0.717) is 0 Å². The Morgan fingerprint density at radius 3 is 1.63 bits per heavy atom. The quantitative estimate of drug-likeness (QED) is 0.492. The summed E-state index contributed by atoms with van der Waals surface area (Å²) in [6.45, 7) is 18.8. The Kier molecular flexibility index (Phi) is 4.81. The van der Waals surface area contributed by atoms with Crippen LogP contribution in [0.3, 0.4) is 0 Å². The van der Waals surface area contributed by atoms with Gasteiger partial charge in [-0.15, -0.1) is 0 Å². The summed E-state index contributed by atoms with van der Waals surface area (Å²) in [6.07, 6.45) is 0. The van der Waals surface area contributed by atoms with Crippen molar-refractivity contribution in [3.63, 3.8) is 0 Å². The first-order chi connectivity index (χ1) is 12.5. The van der Waals surface area contributed by atoms with Crippen LogP contribution in [0.5, 0.6) is 0 Å². The van der Waals surface area contributed by atoms with Crippen LogP contribution in [-0.4, -0.2) is 8.32 Å². The zero-order valence-corrected chi connectivity index (χ0v) is 19.2. The molecule has 1 atom stereocenters. The Bertz CT molecular complexity index is 823. The van der Waals surface area contributed by atoms with Crippen molar-refractivity contribution in [3.05, 3.63) is 77.0 Å². The van der Waals surface area contributed by atoms with E-state index in [1.807, 2.05) is 0 Å². The summed E-state index contributed by atoms with van der Waals surface area (Å²) >= 11 is 0. The molecule has 0 N–H and O–H groups in total. The third kappa shape index (κ3) is 2.94. The van der Waals surface area contributed by atoms with Crippen molar-refractivity contribution in [2.75, 3.05) is 0 Å². The summed E-state index contributed by atoms with van der Waals surface area (Å²) in [5.74, 6) is 0. The minimum Gasteiger partial charge on any atom is -0.398 e. The smallest absolute Gasteiger partial charge is 0.232 e. The van der Waals surface area contributed by atoms with Crippen LogP contribution in [0.1, 0.15) is 66.5 Å². The molecule has 0 fully saturated rings. The fourth-order valence-electron chi connectivity index (χ4n) is 5.58. The highest BCUT2D eigenvalue weighted by molar-refractivity contribution is 6.87. The van der Waals surface area contributed by atoms with Crippen LogP contribution < -0.4 is 0 Å². The lowest BCUT2D eigenvalue weighted by atomic mass is 9.84. The molecule has 144 valence electrons. The minimum atomic E-state index is -2.32. The number of hydrogen-bond donors (Lipinski definition) is 0. The van der Waals surface area contributed by atoms with Crippen LogP contribution in [0.2, 0.25) is 10.1 Å². The molecule has 1 aliphatic rings. The van der Waals surface area contributed by atoms with E-state index in [4.69, 9.17) is 4.43 Å². The monoisotopic (exact) mass is 378 g/mol. The Hall–Kier alpha value is -1.64. The van der Waals surface area contributed by atoms with Crippen LogP contribution in [0, 0.1) is 0 Å². The molecule has 0 spiro atoms. The molecule has 0 aromatic heterocycles. The maximum Gasteiger partial charge on any atom is 0.232 e. The minimum absolute atomic E-state index is 0.0852. The normalized spacial score (nSPS) is 23.0. The lowest BCUT2D eigenvalue weighted by molar-refractivity contribution is 0.132. The maximum atomic E-state index is 7.40. The van der Waals surface area contributed by atoms with Gasteiger partial charge in [-0.05, 0) is 45.8 Å². The van der Waals surface area contributed by atoms with E-state index < -0.39 is 13.9 Å². The Balaban J connectivity index is 2.39. The molecule has 0 saturated carbocycles. The van der Waals surface area contributed by atoms with Gasteiger partial charge in [0, 0.05) is 0 Å². The van der Waals surface area contributed by atoms with Gasteiger partial charge in [-0.25, -0.2) is 0 Å². The van der Waals surface area contributed by atoms with Gasteiger partial charge in [0.1, 0.15) is 5.60 Å². The van der Waals surface area contributed by atoms with Gasteiger partial charge >= 0.3 is 0 Å². The van der Waals surface area contributed by atoms with Crippen LogP contribution in [0.15, 0.2) is 65.9 Å². The number of rotatable bonds is 2. The maximum absolute atomic E-state index is 7.40. The zero-order chi connectivity index (χ0) is 20.1. The van der Waals surface area contributed by atoms with Gasteiger partial charge in [0.2, 0.25) is 8.32 Å².